The van der Waals surface area contributed by atoms with Gasteiger partial charge in [-0.2, -0.15) is 0 Å². The average molecular weight is 381 g/mol. The molecule has 0 fully saturated rings. The fourth-order valence-electron chi connectivity index (χ4n) is 2.77. The van der Waals surface area contributed by atoms with Crippen molar-refractivity contribution in [3.8, 4) is 11.1 Å². The van der Waals surface area contributed by atoms with Gasteiger partial charge >= 0.3 is 0 Å². The molecular weight excluding hydrogens is 361 g/mol. The molecule has 0 N–H and O–H groups in total. The molecule has 0 aliphatic heterocycles. The lowest BCUT2D eigenvalue weighted by atomic mass is 10.1. The Morgan fingerprint density at radius 2 is 1.86 bits per heavy atom. The van der Waals surface area contributed by atoms with Crippen LogP contribution in [0.2, 0.25) is 0 Å². The number of rotatable bonds is 6. The first-order valence-corrected chi connectivity index (χ1v) is 8.86. The topological polar surface area (TPSA) is 76.3 Å². The van der Waals surface area contributed by atoms with Gasteiger partial charge in [-0.1, -0.05) is 19.1 Å². The number of oxazole rings is 1. The van der Waals surface area contributed by atoms with Crippen molar-refractivity contribution in [3.05, 3.63) is 65.9 Å². The highest BCUT2D eigenvalue weighted by atomic mass is 19.1. The van der Waals surface area contributed by atoms with E-state index in [4.69, 9.17) is 4.42 Å². The number of carbonyl (C=O) groups is 2. The summed E-state index contributed by atoms with van der Waals surface area (Å²) in [4.78, 5) is 33.5. The third-order valence-corrected chi connectivity index (χ3v) is 4.35. The van der Waals surface area contributed by atoms with Gasteiger partial charge in [0.1, 0.15) is 17.3 Å². The first-order chi connectivity index (χ1) is 13.4. The zero-order valence-electron chi connectivity index (χ0n) is 15.9. The van der Waals surface area contributed by atoms with Crippen LogP contribution in [0.15, 0.2) is 47.1 Å². The molecule has 1 aromatic carbocycles. The van der Waals surface area contributed by atoms with Crippen LogP contribution < -0.4 is 4.90 Å². The van der Waals surface area contributed by atoms with E-state index in [1.807, 2.05) is 0 Å². The zero-order chi connectivity index (χ0) is 20.3. The molecule has 6 nitrogen and oxygen atoms in total. The number of nitrogens with zero attached hydrogens (tertiary/aromatic N) is 3. The number of pyridine rings is 1. The van der Waals surface area contributed by atoms with E-state index in [-0.39, 0.29) is 29.5 Å². The summed E-state index contributed by atoms with van der Waals surface area (Å²) in [6.45, 7) is 3.48. The fraction of sp³-hybridized carbons (Fsp3) is 0.238. The maximum absolute atomic E-state index is 14.4. The van der Waals surface area contributed by atoms with Crippen LogP contribution in [0.3, 0.4) is 0 Å². The van der Waals surface area contributed by atoms with E-state index < -0.39 is 5.82 Å². The van der Waals surface area contributed by atoms with Crippen molar-refractivity contribution in [2.45, 2.75) is 26.7 Å². The lowest BCUT2D eigenvalue weighted by molar-refractivity contribution is -0.118. The van der Waals surface area contributed by atoms with Gasteiger partial charge < -0.3 is 9.32 Å². The van der Waals surface area contributed by atoms with Crippen LogP contribution in [0.4, 0.5) is 10.1 Å². The van der Waals surface area contributed by atoms with Crippen molar-refractivity contribution in [1.29, 1.82) is 0 Å². The minimum Gasteiger partial charge on any atom is -0.446 e. The van der Waals surface area contributed by atoms with Crippen molar-refractivity contribution < 1.29 is 18.4 Å². The summed E-state index contributed by atoms with van der Waals surface area (Å²) in [5.41, 5.74) is 1.77. The molecule has 0 aliphatic carbocycles. The molecule has 2 aromatic heterocycles. The number of ketones is 1. The van der Waals surface area contributed by atoms with Crippen LogP contribution in [0, 0.1) is 12.7 Å². The maximum Gasteiger partial charge on any atom is 0.226 e. The summed E-state index contributed by atoms with van der Waals surface area (Å²) in [5.74, 6) is 0.105. The third kappa shape index (κ3) is 4.14. The Balaban J connectivity index is 1.77. The first kappa shape index (κ1) is 19.4. The highest BCUT2D eigenvalue weighted by Gasteiger charge is 2.15. The normalized spacial score (nSPS) is 10.7. The molecule has 0 bridgehead atoms. The van der Waals surface area contributed by atoms with Gasteiger partial charge in [0.25, 0.3) is 0 Å². The predicted molar refractivity (Wildman–Crippen MR) is 103 cm³/mol. The van der Waals surface area contributed by atoms with E-state index in [0.29, 0.717) is 29.2 Å². The second kappa shape index (κ2) is 8.12. The number of aryl methyl sites for hydroxylation is 1. The number of benzene rings is 1. The number of hydrogen-bond acceptors (Lipinski definition) is 5. The summed E-state index contributed by atoms with van der Waals surface area (Å²) in [6.07, 6.45) is 3.40. The lowest BCUT2D eigenvalue weighted by Crippen LogP contribution is -2.25. The quantitative estimate of drug-likeness (QED) is 0.604. The second-order valence-corrected chi connectivity index (χ2v) is 6.37. The number of halogens is 1. The fourth-order valence-corrected chi connectivity index (χ4v) is 2.77. The summed E-state index contributed by atoms with van der Waals surface area (Å²) >= 11 is 0. The van der Waals surface area contributed by atoms with Gasteiger partial charge in [0, 0.05) is 25.2 Å². The number of aromatic nitrogens is 2. The number of carbonyl (C=O) groups excluding carboxylic acids is 2. The molecule has 2 heterocycles. The van der Waals surface area contributed by atoms with Crippen molar-refractivity contribution in [2.24, 2.45) is 0 Å². The lowest BCUT2D eigenvalue weighted by Gasteiger charge is -2.17. The molecule has 144 valence electrons. The van der Waals surface area contributed by atoms with Gasteiger partial charge in [0.05, 0.1) is 18.3 Å². The maximum atomic E-state index is 14.4. The van der Waals surface area contributed by atoms with Crippen LogP contribution in [0.1, 0.15) is 35.5 Å². The highest BCUT2D eigenvalue weighted by Crippen LogP contribution is 2.26. The van der Waals surface area contributed by atoms with Crippen LogP contribution >= 0.6 is 0 Å². The van der Waals surface area contributed by atoms with E-state index in [1.165, 1.54) is 17.2 Å². The van der Waals surface area contributed by atoms with Gasteiger partial charge in [-0.3, -0.25) is 14.6 Å². The molecule has 3 rings (SSSR count). The minimum atomic E-state index is -0.499. The molecule has 7 heteroatoms. The Bertz CT molecular complexity index is 1010. The molecular formula is C21H20FN3O3. The SMILES string of the molecule is CCC(=O)N(C)c1ccc(-c2ccc(C(=O)Cc3ncc(C)o3)nc2)cc1F. The Morgan fingerprint density at radius 1 is 1.11 bits per heavy atom. The Morgan fingerprint density at radius 3 is 2.43 bits per heavy atom. The van der Waals surface area contributed by atoms with E-state index in [2.05, 4.69) is 9.97 Å². The number of amides is 1. The largest absolute Gasteiger partial charge is 0.446 e. The molecule has 0 unspecified atom stereocenters. The van der Waals surface area contributed by atoms with Crippen molar-refractivity contribution in [3.63, 3.8) is 0 Å². The molecule has 0 aliphatic rings. The Kier molecular flexibility index (Phi) is 5.63. The molecule has 0 spiro atoms. The van der Waals surface area contributed by atoms with Gasteiger partial charge in [-0.05, 0) is 30.7 Å². The van der Waals surface area contributed by atoms with Crippen LogP contribution in [-0.2, 0) is 11.2 Å². The minimum absolute atomic E-state index is 0.0291. The summed E-state index contributed by atoms with van der Waals surface area (Å²) in [7, 11) is 1.54. The smallest absolute Gasteiger partial charge is 0.226 e. The van der Waals surface area contributed by atoms with Crippen molar-refractivity contribution in [1.82, 2.24) is 9.97 Å². The number of Topliss-reactive ketones (excluding diaryl/α,β-unsaturated/α-hetero) is 1. The number of hydrogen-bond donors (Lipinski definition) is 0. The number of anilines is 1. The molecule has 0 saturated heterocycles. The van der Waals surface area contributed by atoms with Crippen molar-refractivity contribution in [2.75, 3.05) is 11.9 Å². The van der Waals surface area contributed by atoms with Crippen LogP contribution in [0.25, 0.3) is 11.1 Å². The summed E-state index contributed by atoms with van der Waals surface area (Å²) in [5, 5.41) is 0. The molecule has 0 saturated carbocycles. The average Bonchev–Trinajstić information content (AvgIpc) is 3.11. The zero-order valence-corrected chi connectivity index (χ0v) is 15.9. The Labute approximate surface area is 162 Å². The van der Waals surface area contributed by atoms with E-state index in [9.17, 15) is 14.0 Å². The summed E-state index contributed by atoms with van der Waals surface area (Å²) < 4.78 is 19.8. The van der Waals surface area contributed by atoms with E-state index in [0.717, 1.165) is 0 Å². The van der Waals surface area contributed by atoms with Gasteiger partial charge in [-0.25, -0.2) is 9.37 Å². The Hall–Kier alpha value is -3.35. The second-order valence-electron chi connectivity index (χ2n) is 6.37. The summed E-state index contributed by atoms with van der Waals surface area (Å²) in [6, 6.07) is 7.92. The van der Waals surface area contributed by atoms with Crippen LogP contribution in [0.5, 0.6) is 0 Å². The molecule has 0 atom stereocenters. The first-order valence-electron chi connectivity index (χ1n) is 8.86. The van der Waals surface area contributed by atoms with Gasteiger partial charge in [0.2, 0.25) is 11.8 Å². The van der Waals surface area contributed by atoms with Crippen LogP contribution in [-0.4, -0.2) is 28.7 Å². The van der Waals surface area contributed by atoms with E-state index in [1.54, 1.807) is 51.4 Å². The highest BCUT2D eigenvalue weighted by molar-refractivity contribution is 5.95. The van der Waals surface area contributed by atoms with Gasteiger partial charge in [0.15, 0.2) is 5.78 Å². The predicted octanol–water partition coefficient (Wildman–Crippen LogP) is 3.98. The molecule has 28 heavy (non-hydrogen) atoms. The van der Waals surface area contributed by atoms with Crippen molar-refractivity contribution >= 4 is 17.4 Å². The monoisotopic (exact) mass is 381 g/mol. The molecule has 3 aromatic rings. The van der Waals surface area contributed by atoms with E-state index >= 15 is 0 Å². The van der Waals surface area contributed by atoms with Gasteiger partial charge in [-0.15, -0.1) is 0 Å². The molecule has 0 radical (unpaired) electrons. The molecule has 1 amide bonds. The third-order valence-electron chi connectivity index (χ3n) is 4.35. The standard InChI is InChI=1S/C21H20FN3O3/c1-4-21(27)25(3)18-8-6-14(9-16(18)22)15-5-7-17(23-12-15)19(26)10-20-24-11-13(2)28-20/h5-9,11-12H,4,10H2,1-3H3.